The standard InChI is InChI=1S/C14H16N4O2/c1-2-20-13(19)10-16-14(18-9-8-15-11-18)17-12-6-4-3-5-7-12/h3-9,11H,2,10H2,1H3,(H,16,17). The number of hydrogen-bond donors (Lipinski definition) is 1. The van der Waals surface area contributed by atoms with Gasteiger partial charge in [-0.05, 0) is 19.1 Å². The number of aliphatic imine (C=N–C) groups is 1. The van der Waals surface area contributed by atoms with E-state index in [1.807, 2.05) is 30.3 Å². The highest BCUT2D eigenvalue weighted by atomic mass is 16.5. The summed E-state index contributed by atoms with van der Waals surface area (Å²) in [6.07, 6.45) is 5.01. The Morgan fingerprint density at radius 1 is 1.40 bits per heavy atom. The predicted molar refractivity (Wildman–Crippen MR) is 76.6 cm³/mol. The number of carbonyl (C=O) groups excluding carboxylic acids is 1. The first kappa shape index (κ1) is 13.8. The quantitative estimate of drug-likeness (QED) is 0.523. The van der Waals surface area contributed by atoms with E-state index in [9.17, 15) is 4.79 Å². The van der Waals surface area contributed by atoms with Crippen molar-refractivity contribution in [3.63, 3.8) is 0 Å². The van der Waals surface area contributed by atoms with E-state index < -0.39 is 0 Å². The summed E-state index contributed by atoms with van der Waals surface area (Å²) >= 11 is 0. The van der Waals surface area contributed by atoms with Gasteiger partial charge in [-0.15, -0.1) is 0 Å². The Morgan fingerprint density at radius 2 is 2.20 bits per heavy atom. The molecular weight excluding hydrogens is 256 g/mol. The molecule has 1 heterocycles. The maximum Gasteiger partial charge on any atom is 0.327 e. The van der Waals surface area contributed by atoms with Gasteiger partial charge in [0, 0.05) is 18.1 Å². The molecule has 2 rings (SSSR count). The molecule has 0 aliphatic heterocycles. The summed E-state index contributed by atoms with van der Waals surface area (Å²) in [4.78, 5) is 19.6. The summed E-state index contributed by atoms with van der Waals surface area (Å²) in [6.45, 7) is 2.07. The average Bonchev–Trinajstić information content (AvgIpc) is 2.99. The molecule has 20 heavy (non-hydrogen) atoms. The third-order valence-corrected chi connectivity index (χ3v) is 2.44. The third kappa shape index (κ3) is 3.94. The van der Waals surface area contributed by atoms with Crippen LogP contribution in [0.1, 0.15) is 6.92 Å². The van der Waals surface area contributed by atoms with Crippen molar-refractivity contribution in [2.75, 3.05) is 18.5 Å². The van der Waals surface area contributed by atoms with Gasteiger partial charge in [0.2, 0.25) is 5.96 Å². The molecule has 2 aromatic rings. The highest BCUT2D eigenvalue weighted by Gasteiger charge is 2.05. The molecule has 1 aromatic heterocycles. The van der Waals surface area contributed by atoms with E-state index in [0.717, 1.165) is 5.69 Å². The lowest BCUT2D eigenvalue weighted by Gasteiger charge is -2.10. The molecule has 0 saturated carbocycles. The molecule has 6 heteroatoms. The van der Waals surface area contributed by atoms with Crippen LogP contribution < -0.4 is 5.32 Å². The van der Waals surface area contributed by atoms with Crippen molar-refractivity contribution >= 4 is 17.6 Å². The van der Waals surface area contributed by atoms with Crippen molar-refractivity contribution < 1.29 is 9.53 Å². The van der Waals surface area contributed by atoms with E-state index in [2.05, 4.69) is 15.3 Å². The van der Waals surface area contributed by atoms with Gasteiger partial charge in [-0.1, -0.05) is 18.2 Å². The Balaban J connectivity index is 2.13. The van der Waals surface area contributed by atoms with Crippen LogP contribution in [0.2, 0.25) is 0 Å². The van der Waals surface area contributed by atoms with Gasteiger partial charge in [0.1, 0.15) is 12.9 Å². The maximum absolute atomic E-state index is 11.4. The second-order valence-corrected chi connectivity index (χ2v) is 3.91. The van der Waals surface area contributed by atoms with Crippen LogP contribution in [0.5, 0.6) is 0 Å². The van der Waals surface area contributed by atoms with Gasteiger partial charge < -0.3 is 10.1 Å². The molecule has 1 N–H and O–H groups in total. The minimum absolute atomic E-state index is 0.0405. The molecule has 0 aliphatic carbocycles. The fraction of sp³-hybridized carbons (Fsp3) is 0.214. The Morgan fingerprint density at radius 3 is 2.85 bits per heavy atom. The third-order valence-electron chi connectivity index (χ3n) is 2.44. The number of para-hydroxylation sites is 1. The first-order valence-electron chi connectivity index (χ1n) is 6.30. The van der Waals surface area contributed by atoms with Gasteiger partial charge in [-0.3, -0.25) is 9.36 Å². The number of anilines is 1. The second kappa shape index (κ2) is 7.08. The normalized spacial score (nSPS) is 11.2. The molecule has 0 saturated heterocycles. The smallest absolute Gasteiger partial charge is 0.327 e. The van der Waals surface area contributed by atoms with Crippen molar-refractivity contribution in [2.24, 2.45) is 4.99 Å². The highest BCUT2D eigenvalue weighted by Crippen LogP contribution is 2.06. The fourth-order valence-electron chi connectivity index (χ4n) is 1.57. The molecule has 0 aliphatic rings. The topological polar surface area (TPSA) is 68.5 Å². The number of nitrogens with zero attached hydrogens (tertiary/aromatic N) is 3. The lowest BCUT2D eigenvalue weighted by atomic mass is 10.3. The molecule has 0 radical (unpaired) electrons. The van der Waals surface area contributed by atoms with Crippen molar-refractivity contribution in [1.29, 1.82) is 0 Å². The van der Waals surface area contributed by atoms with Crippen molar-refractivity contribution in [1.82, 2.24) is 9.55 Å². The number of nitrogens with one attached hydrogen (secondary N) is 1. The largest absolute Gasteiger partial charge is 0.465 e. The number of rotatable bonds is 4. The Hall–Kier alpha value is -2.63. The van der Waals surface area contributed by atoms with Crippen molar-refractivity contribution in [2.45, 2.75) is 6.92 Å². The van der Waals surface area contributed by atoms with Crippen LogP contribution in [0.15, 0.2) is 54.0 Å². The van der Waals surface area contributed by atoms with Crippen molar-refractivity contribution in [3.8, 4) is 0 Å². The molecule has 1 aromatic carbocycles. The number of carbonyl (C=O) groups is 1. The van der Waals surface area contributed by atoms with Crippen LogP contribution in [0, 0.1) is 0 Å². The Kier molecular flexibility index (Phi) is 4.88. The second-order valence-electron chi connectivity index (χ2n) is 3.91. The van der Waals surface area contributed by atoms with E-state index in [1.165, 1.54) is 0 Å². The van der Waals surface area contributed by atoms with Gasteiger partial charge in [0.05, 0.1) is 6.61 Å². The van der Waals surface area contributed by atoms with E-state index in [0.29, 0.717) is 12.6 Å². The van der Waals surface area contributed by atoms with Gasteiger partial charge in [0.15, 0.2) is 0 Å². The monoisotopic (exact) mass is 272 g/mol. The molecular formula is C14H16N4O2. The molecule has 0 amide bonds. The molecule has 0 atom stereocenters. The number of esters is 1. The zero-order valence-corrected chi connectivity index (χ0v) is 11.2. The summed E-state index contributed by atoms with van der Waals surface area (Å²) in [5.74, 6) is 0.154. The lowest BCUT2D eigenvalue weighted by Crippen LogP contribution is -2.22. The van der Waals surface area contributed by atoms with Crippen LogP contribution in [0.4, 0.5) is 5.69 Å². The number of benzene rings is 1. The molecule has 0 unspecified atom stereocenters. The number of aromatic nitrogens is 2. The molecule has 0 spiro atoms. The van der Waals surface area contributed by atoms with Crippen molar-refractivity contribution in [3.05, 3.63) is 49.1 Å². The summed E-state index contributed by atoms with van der Waals surface area (Å²) in [7, 11) is 0. The Bertz CT molecular complexity index is 564. The first-order valence-corrected chi connectivity index (χ1v) is 6.30. The van der Waals surface area contributed by atoms with E-state index in [4.69, 9.17) is 4.74 Å². The molecule has 0 fully saturated rings. The zero-order chi connectivity index (χ0) is 14.2. The minimum atomic E-state index is -0.361. The van der Waals surface area contributed by atoms with Gasteiger partial charge in [0.25, 0.3) is 0 Å². The van der Waals surface area contributed by atoms with E-state index in [-0.39, 0.29) is 12.5 Å². The van der Waals surface area contributed by atoms with Crippen LogP contribution >= 0.6 is 0 Å². The number of imidazole rings is 1. The lowest BCUT2D eigenvalue weighted by molar-refractivity contribution is -0.141. The summed E-state index contributed by atoms with van der Waals surface area (Å²) < 4.78 is 6.56. The average molecular weight is 272 g/mol. The molecule has 104 valence electrons. The van der Waals surface area contributed by atoms with Gasteiger partial charge in [-0.2, -0.15) is 0 Å². The van der Waals surface area contributed by atoms with E-state index in [1.54, 1.807) is 30.2 Å². The summed E-state index contributed by atoms with van der Waals surface area (Å²) in [5.41, 5.74) is 0.879. The molecule has 0 bridgehead atoms. The van der Waals surface area contributed by atoms with Crippen LogP contribution in [0.25, 0.3) is 0 Å². The highest BCUT2D eigenvalue weighted by molar-refractivity contribution is 5.96. The fourth-order valence-corrected chi connectivity index (χ4v) is 1.57. The van der Waals surface area contributed by atoms with Gasteiger partial charge in [-0.25, -0.2) is 9.98 Å². The predicted octanol–water partition coefficient (Wildman–Crippen LogP) is 1.76. The van der Waals surface area contributed by atoms with Crippen LogP contribution in [0.3, 0.4) is 0 Å². The first-order chi connectivity index (χ1) is 9.79. The molecule has 6 nitrogen and oxygen atoms in total. The van der Waals surface area contributed by atoms with Crippen LogP contribution in [-0.4, -0.2) is 34.6 Å². The summed E-state index contributed by atoms with van der Waals surface area (Å²) in [5, 5.41) is 3.14. The summed E-state index contributed by atoms with van der Waals surface area (Å²) in [6, 6.07) is 9.59. The van der Waals surface area contributed by atoms with Gasteiger partial charge >= 0.3 is 5.97 Å². The maximum atomic E-state index is 11.4. The Labute approximate surface area is 117 Å². The number of hydrogen-bond acceptors (Lipinski definition) is 4. The zero-order valence-electron chi connectivity index (χ0n) is 11.2. The minimum Gasteiger partial charge on any atom is -0.465 e. The SMILES string of the molecule is CCOC(=O)CN=C(Nc1ccccc1)n1ccnc1. The van der Waals surface area contributed by atoms with Crippen LogP contribution in [-0.2, 0) is 9.53 Å². The van der Waals surface area contributed by atoms with E-state index >= 15 is 0 Å². The number of ether oxygens (including phenoxy) is 1.